The van der Waals surface area contributed by atoms with Crippen LogP contribution in [0.4, 0.5) is 32.0 Å². The highest BCUT2D eigenvalue weighted by Gasteiger charge is 2.38. The zero-order valence-corrected chi connectivity index (χ0v) is 16.2. The van der Waals surface area contributed by atoms with Crippen molar-refractivity contribution in [3.63, 3.8) is 0 Å². The third-order valence-electron chi connectivity index (χ3n) is 4.61. The Kier molecular flexibility index (Phi) is 5.27. The zero-order chi connectivity index (χ0) is 23.1. The van der Waals surface area contributed by atoms with Crippen LogP contribution in [0.15, 0.2) is 40.7 Å². The maximum Gasteiger partial charge on any atom is 0.434 e. The largest absolute Gasteiger partial charge is 0.434 e. The molecule has 14 heteroatoms. The number of nitrogens with zero attached hydrogens (tertiary/aromatic N) is 5. The van der Waals surface area contributed by atoms with Crippen molar-refractivity contribution in [3.8, 4) is 0 Å². The quantitative estimate of drug-likeness (QED) is 0.607. The first kappa shape index (κ1) is 21.9. The fourth-order valence-corrected chi connectivity index (χ4v) is 3.02. The minimum Gasteiger partial charge on any atom is -0.326 e. The SMILES string of the molecule is NC1(CC2CC2)N=C(Nc2ccnc(C(F)(F)F)c2)NC(c2cncc(C(F)(F)F)n2)=N1. The maximum atomic E-state index is 13.0. The lowest BCUT2D eigenvalue weighted by Gasteiger charge is -2.29. The summed E-state index contributed by atoms with van der Waals surface area (Å²) in [5.74, 6) is -1.55. The Hall–Kier alpha value is -3.29. The standard InChI is InChI=1S/C18H16F6N8/c19-17(20,21)12-5-10(3-4-27-12)28-15-30-14(31-16(25,32-15)6-9-1-2-9)11-7-26-8-13(29-11)18(22,23)24/h3-5,7-9H,1-2,6,25H2,(H2,27,28,30,31,32). The van der Waals surface area contributed by atoms with E-state index in [0.29, 0.717) is 12.6 Å². The second kappa shape index (κ2) is 7.69. The predicted molar refractivity (Wildman–Crippen MR) is 101 cm³/mol. The number of nitrogens with one attached hydrogen (secondary N) is 2. The number of pyridine rings is 1. The van der Waals surface area contributed by atoms with Gasteiger partial charge in [0.25, 0.3) is 0 Å². The Morgan fingerprint density at radius 2 is 1.78 bits per heavy atom. The van der Waals surface area contributed by atoms with Crippen LogP contribution in [-0.2, 0) is 12.4 Å². The molecule has 0 aromatic carbocycles. The number of halogens is 6. The molecule has 32 heavy (non-hydrogen) atoms. The molecule has 2 aliphatic rings. The van der Waals surface area contributed by atoms with Crippen LogP contribution in [-0.4, -0.2) is 32.5 Å². The lowest BCUT2D eigenvalue weighted by Crippen LogP contribution is -2.50. The number of aliphatic imine (C=N–C) groups is 2. The van der Waals surface area contributed by atoms with E-state index in [9.17, 15) is 26.3 Å². The number of hydrogen-bond donors (Lipinski definition) is 3. The van der Waals surface area contributed by atoms with Crippen LogP contribution in [0.2, 0.25) is 0 Å². The van der Waals surface area contributed by atoms with Gasteiger partial charge < -0.3 is 10.6 Å². The number of rotatable bonds is 4. The minimum absolute atomic E-state index is 0.0104. The van der Waals surface area contributed by atoms with Crippen LogP contribution in [0.5, 0.6) is 0 Å². The van der Waals surface area contributed by atoms with Crippen molar-refractivity contribution in [2.45, 2.75) is 37.4 Å². The molecule has 4 rings (SSSR count). The molecule has 0 radical (unpaired) electrons. The smallest absolute Gasteiger partial charge is 0.326 e. The first-order chi connectivity index (χ1) is 14.9. The van der Waals surface area contributed by atoms with Gasteiger partial charge in [-0.05, 0) is 30.9 Å². The zero-order valence-electron chi connectivity index (χ0n) is 16.2. The lowest BCUT2D eigenvalue weighted by molar-refractivity contribution is -0.142. The first-order valence-electron chi connectivity index (χ1n) is 9.37. The summed E-state index contributed by atoms with van der Waals surface area (Å²) >= 11 is 0. The third-order valence-corrected chi connectivity index (χ3v) is 4.61. The number of nitrogens with two attached hydrogens (primary N) is 1. The molecule has 1 aliphatic carbocycles. The fraction of sp³-hybridized carbons (Fsp3) is 0.389. The average Bonchev–Trinajstić information content (AvgIpc) is 3.50. The van der Waals surface area contributed by atoms with Gasteiger partial charge in [-0.1, -0.05) is 0 Å². The van der Waals surface area contributed by atoms with Crippen LogP contribution in [0.3, 0.4) is 0 Å². The van der Waals surface area contributed by atoms with Crippen LogP contribution in [0.1, 0.15) is 36.3 Å². The van der Waals surface area contributed by atoms with E-state index in [2.05, 4.69) is 35.6 Å². The van der Waals surface area contributed by atoms with Crippen molar-refractivity contribution in [1.82, 2.24) is 20.3 Å². The highest BCUT2D eigenvalue weighted by molar-refractivity contribution is 6.12. The summed E-state index contributed by atoms with van der Waals surface area (Å²) in [6, 6.07) is 2.03. The molecule has 1 saturated carbocycles. The summed E-state index contributed by atoms with van der Waals surface area (Å²) in [4.78, 5) is 18.8. The Balaban J connectivity index is 1.66. The van der Waals surface area contributed by atoms with Crippen LogP contribution in [0, 0.1) is 5.92 Å². The second-order valence-corrected chi connectivity index (χ2v) is 7.41. The second-order valence-electron chi connectivity index (χ2n) is 7.41. The molecule has 3 heterocycles. The summed E-state index contributed by atoms with van der Waals surface area (Å²) in [5.41, 5.74) is 3.66. The lowest BCUT2D eigenvalue weighted by atomic mass is 10.1. The number of guanidine groups is 1. The molecule has 8 nitrogen and oxygen atoms in total. The minimum atomic E-state index is -4.73. The molecule has 170 valence electrons. The number of alkyl halides is 6. The molecule has 0 saturated heterocycles. The van der Waals surface area contributed by atoms with Gasteiger partial charge in [0.1, 0.15) is 11.4 Å². The van der Waals surface area contributed by atoms with Gasteiger partial charge in [-0.25, -0.2) is 15.0 Å². The molecule has 2 aromatic rings. The summed E-state index contributed by atoms with van der Waals surface area (Å²) < 4.78 is 78.0. The van der Waals surface area contributed by atoms with Gasteiger partial charge in [0.2, 0.25) is 11.7 Å². The van der Waals surface area contributed by atoms with Gasteiger partial charge in [0.05, 0.1) is 12.4 Å². The molecule has 1 unspecified atom stereocenters. The molecular weight excluding hydrogens is 442 g/mol. The summed E-state index contributed by atoms with van der Waals surface area (Å²) in [6.07, 6.45) is -4.70. The third kappa shape index (κ3) is 5.12. The van der Waals surface area contributed by atoms with Crippen molar-refractivity contribution in [3.05, 3.63) is 47.8 Å². The van der Waals surface area contributed by atoms with Gasteiger partial charge in [0.15, 0.2) is 11.5 Å². The molecule has 2 aromatic heterocycles. The van der Waals surface area contributed by atoms with Gasteiger partial charge in [0, 0.05) is 18.3 Å². The molecule has 1 atom stereocenters. The van der Waals surface area contributed by atoms with Crippen molar-refractivity contribution < 1.29 is 26.3 Å². The molecule has 0 spiro atoms. The number of hydrogen-bond acceptors (Lipinski definition) is 8. The van der Waals surface area contributed by atoms with E-state index < -0.39 is 29.5 Å². The summed E-state index contributed by atoms with van der Waals surface area (Å²) in [7, 11) is 0. The highest BCUT2D eigenvalue weighted by Crippen LogP contribution is 2.38. The Bertz CT molecular complexity index is 1080. The van der Waals surface area contributed by atoms with E-state index >= 15 is 0 Å². The molecular formula is C18H16F6N8. The topological polar surface area (TPSA) is 113 Å². The molecule has 0 bridgehead atoms. The van der Waals surface area contributed by atoms with E-state index in [1.165, 1.54) is 6.07 Å². The van der Waals surface area contributed by atoms with Crippen molar-refractivity contribution in [1.29, 1.82) is 0 Å². The number of amidine groups is 1. The molecule has 4 N–H and O–H groups in total. The summed E-state index contributed by atoms with van der Waals surface area (Å²) in [5, 5.41) is 5.30. The Morgan fingerprint density at radius 3 is 2.44 bits per heavy atom. The number of aromatic nitrogens is 3. The van der Waals surface area contributed by atoms with E-state index in [-0.39, 0.29) is 29.1 Å². The van der Waals surface area contributed by atoms with Crippen LogP contribution < -0.4 is 16.4 Å². The maximum absolute atomic E-state index is 13.0. The average molecular weight is 458 g/mol. The fourth-order valence-electron chi connectivity index (χ4n) is 3.02. The summed E-state index contributed by atoms with van der Waals surface area (Å²) in [6.45, 7) is 0. The van der Waals surface area contributed by atoms with Gasteiger partial charge in [-0.2, -0.15) is 26.3 Å². The van der Waals surface area contributed by atoms with Crippen molar-refractivity contribution in [2.75, 3.05) is 5.32 Å². The van der Waals surface area contributed by atoms with Crippen molar-refractivity contribution >= 4 is 17.5 Å². The van der Waals surface area contributed by atoms with E-state index in [4.69, 9.17) is 5.73 Å². The molecule has 0 amide bonds. The normalized spacial score (nSPS) is 21.5. The Labute approximate surface area is 177 Å². The molecule has 1 aliphatic heterocycles. The van der Waals surface area contributed by atoms with Crippen molar-refractivity contribution in [2.24, 2.45) is 21.6 Å². The van der Waals surface area contributed by atoms with Crippen LogP contribution >= 0.6 is 0 Å². The van der Waals surface area contributed by atoms with E-state index in [0.717, 1.165) is 31.3 Å². The van der Waals surface area contributed by atoms with Gasteiger partial charge >= 0.3 is 12.4 Å². The van der Waals surface area contributed by atoms with Gasteiger partial charge in [-0.3, -0.25) is 15.7 Å². The first-order valence-corrected chi connectivity index (χ1v) is 9.37. The monoisotopic (exact) mass is 458 g/mol. The van der Waals surface area contributed by atoms with E-state index in [1.54, 1.807) is 0 Å². The van der Waals surface area contributed by atoms with E-state index in [1.807, 2.05) is 0 Å². The highest BCUT2D eigenvalue weighted by atomic mass is 19.4. The number of anilines is 1. The molecule has 1 fully saturated rings. The predicted octanol–water partition coefficient (Wildman–Crippen LogP) is 3.14. The Morgan fingerprint density at radius 1 is 1.06 bits per heavy atom. The van der Waals surface area contributed by atoms with Gasteiger partial charge in [-0.15, -0.1) is 0 Å². The van der Waals surface area contributed by atoms with Crippen LogP contribution in [0.25, 0.3) is 0 Å².